The number of nitrogens with one attached hydrogen (secondary N) is 1. The maximum Gasteiger partial charge on any atom is 0.407 e. The van der Waals surface area contributed by atoms with E-state index < -0.39 is 29.3 Å². The number of imide groups is 1. The average molecular weight is 502 g/mol. The number of halogens is 1. The summed E-state index contributed by atoms with van der Waals surface area (Å²) in [5, 5.41) is 2.86. The second-order valence-corrected chi connectivity index (χ2v) is 10.6. The predicted molar refractivity (Wildman–Crippen MR) is 129 cm³/mol. The Kier molecular flexibility index (Phi) is 7.02. The summed E-state index contributed by atoms with van der Waals surface area (Å²) in [6, 6.07) is 7.79. The molecule has 1 N–H and O–H groups in total. The Morgan fingerprint density at radius 1 is 1.23 bits per heavy atom. The number of carbonyl (C=O) groups excluding carboxylic acids is 3. The van der Waals surface area contributed by atoms with Crippen molar-refractivity contribution in [2.45, 2.75) is 57.2 Å². The molecule has 1 aliphatic heterocycles. The van der Waals surface area contributed by atoms with E-state index in [0.717, 1.165) is 11.1 Å². The molecule has 2 aromatic rings. The highest BCUT2D eigenvalue weighted by atomic mass is 32.2. The summed E-state index contributed by atoms with van der Waals surface area (Å²) in [7, 11) is 0. The first-order valence-corrected chi connectivity index (χ1v) is 12.6. The summed E-state index contributed by atoms with van der Waals surface area (Å²) in [6.45, 7) is 5.27. The number of ether oxygens (including phenoxy) is 2. The zero-order chi connectivity index (χ0) is 25.3. The molecule has 4 rings (SSSR count). The number of benzene rings is 1. The van der Waals surface area contributed by atoms with Gasteiger partial charge in [0.15, 0.2) is 0 Å². The molecular weight excluding hydrogens is 473 g/mol. The van der Waals surface area contributed by atoms with Crippen LogP contribution in [-0.2, 0) is 11.3 Å². The molecule has 1 atom stereocenters. The van der Waals surface area contributed by atoms with Crippen LogP contribution < -0.4 is 10.1 Å². The first kappa shape index (κ1) is 25.0. The molecule has 3 amide bonds. The molecule has 8 nitrogen and oxygen atoms in total. The average Bonchev–Trinajstić information content (AvgIpc) is 3.00. The zero-order valence-corrected chi connectivity index (χ0v) is 20.9. The lowest BCUT2D eigenvalue weighted by Gasteiger charge is -2.39. The van der Waals surface area contributed by atoms with Crippen LogP contribution in [0.2, 0.25) is 0 Å². The maximum atomic E-state index is 14.1. The predicted octanol–water partition coefficient (Wildman–Crippen LogP) is 4.39. The Bertz CT molecular complexity index is 1110. The molecule has 35 heavy (non-hydrogen) atoms. The van der Waals surface area contributed by atoms with E-state index >= 15 is 0 Å². The van der Waals surface area contributed by atoms with E-state index in [0.29, 0.717) is 29.5 Å². The van der Waals surface area contributed by atoms with Gasteiger partial charge in [0.25, 0.3) is 11.8 Å². The molecule has 1 fully saturated rings. The van der Waals surface area contributed by atoms with Gasteiger partial charge in [0.05, 0.1) is 23.9 Å². The molecule has 1 saturated carbocycles. The van der Waals surface area contributed by atoms with Crippen LogP contribution in [0.4, 0.5) is 9.18 Å². The van der Waals surface area contributed by atoms with Crippen molar-refractivity contribution in [3.63, 3.8) is 0 Å². The highest BCUT2D eigenvalue weighted by Crippen LogP contribution is 2.37. The van der Waals surface area contributed by atoms with Crippen molar-refractivity contribution in [1.82, 2.24) is 15.2 Å². The monoisotopic (exact) mass is 501 g/mol. The molecule has 2 heterocycles. The van der Waals surface area contributed by atoms with Crippen LogP contribution in [0.3, 0.4) is 0 Å². The summed E-state index contributed by atoms with van der Waals surface area (Å²) >= 11 is 1.48. The lowest BCUT2D eigenvalue weighted by molar-refractivity contribution is 0.0407. The van der Waals surface area contributed by atoms with Gasteiger partial charge in [-0.3, -0.25) is 14.5 Å². The van der Waals surface area contributed by atoms with Gasteiger partial charge >= 0.3 is 6.09 Å². The lowest BCUT2D eigenvalue weighted by Crippen LogP contribution is -2.49. The van der Waals surface area contributed by atoms with E-state index in [9.17, 15) is 18.8 Å². The van der Waals surface area contributed by atoms with Gasteiger partial charge in [0, 0.05) is 17.5 Å². The molecule has 1 aromatic heterocycles. The summed E-state index contributed by atoms with van der Waals surface area (Å²) < 4.78 is 25.5. The SMILES string of the molecule is CSC(Oc1ncc(F)cc1CN1C(=O)c2ccccc2C1=O)C1CC(NC(=O)OC(C)(C)C)C1. The van der Waals surface area contributed by atoms with Gasteiger partial charge in [-0.2, -0.15) is 0 Å². The molecule has 1 aliphatic carbocycles. The molecule has 0 radical (unpaired) electrons. The number of aromatic nitrogens is 1. The molecule has 10 heteroatoms. The Morgan fingerprint density at radius 2 is 1.86 bits per heavy atom. The van der Waals surface area contributed by atoms with E-state index in [2.05, 4.69) is 10.3 Å². The highest BCUT2D eigenvalue weighted by molar-refractivity contribution is 7.99. The van der Waals surface area contributed by atoms with Gasteiger partial charge in [0.2, 0.25) is 5.88 Å². The van der Waals surface area contributed by atoms with E-state index in [1.807, 2.05) is 27.0 Å². The van der Waals surface area contributed by atoms with Crippen LogP contribution >= 0.6 is 11.8 Å². The summed E-state index contributed by atoms with van der Waals surface area (Å²) in [5.41, 5.74) is 0.0861. The van der Waals surface area contributed by atoms with Crippen molar-refractivity contribution >= 4 is 29.7 Å². The second kappa shape index (κ2) is 9.85. The first-order valence-electron chi connectivity index (χ1n) is 11.3. The number of pyridine rings is 1. The fourth-order valence-electron chi connectivity index (χ4n) is 4.16. The van der Waals surface area contributed by atoms with E-state index in [1.165, 1.54) is 17.8 Å². The van der Waals surface area contributed by atoms with Gasteiger partial charge in [0.1, 0.15) is 16.9 Å². The smallest absolute Gasteiger partial charge is 0.407 e. The lowest BCUT2D eigenvalue weighted by atomic mass is 9.80. The molecule has 0 saturated heterocycles. The number of rotatable bonds is 7. The van der Waals surface area contributed by atoms with Gasteiger partial charge in [-0.15, -0.1) is 11.8 Å². The Morgan fingerprint density at radius 3 is 2.43 bits per heavy atom. The standard InChI is InChI=1S/C25H28FN3O5S/c1-25(2,3)34-24(32)28-17-10-14(11-17)23(35-4)33-20-15(9-16(26)12-27-20)13-29-21(30)18-7-5-6-8-19(18)22(29)31/h5-9,12,14,17,23H,10-11,13H2,1-4H3,(H,28,32). The van der Waals surface area contributed by atoms with Gasteiger partial charge in [-0.1, -0.05) is 12.1 Å². The first-order chi connectivity index (χ1) is 16.6. The summed E-state index contributed by atoms with van der Waals surface area (Å²) in [4.78, 5) is 42.7. The number of hydrogen-bond donors (Lipinski definition) is 1. The largest absolute Gasteiger partial charge is 0.463 e. The number of hydrogen-bond acceptors (Lipinski definition) is 7. The minimum atomic E-state index is -0.588. The molecule has 1 unspecified atom stereocenters. The van der Waals surface area contributed by atoms with Crippen LogP contribution in [0.5, 0.6) is 5.88 Å². The van der Waals surface area contributed by atoms with Crippen molar-refractivity contribution in [3.05, 3.63) is 59.0 Å². The molecule has 186 valence electrons. The third-order valence-corrected chi connectivity index (χ3v) is 6.78. The zero-order valence-electron chi connectivity index (χ0n) is 20.0. The normalized spacial score (nSPS) is 20.2. The van der Waals surface area contributed by atoms with Gasteiger partial charge in [-0.05, 0) is 58.1 Å². The number of thioether (sulfide) groups is 1. The van der Waals surface area contributed by atoms with Crippen molar-refractivity contribution in [2.75, 3.05) is 6.26 Å². The number of amides is 3. The number of fused-ring (bicyclic) bond motifs is 1. The Balaban J connectivity index is 1.42. The minimum Gasteiger partial charge on any atom is -0.463 e. The van der Waals surface area contributed by atoms with Crippen LogP contribution in [0.1, 0.15) is 59.9 Å². The van der Waals surface area contributed by atoms with Crippen molar-refractivity contribution in [1.29, 1.82) is 0 Å². The van der Waals surface area contributed by atoms with Gasteiger partial charge < -0.3 is 14.8 Å². The Labute approximate surface area is 207 Å². The molecule has 0 spiro atoms. The van der Waals surface area contributed by atoms with Gasteiger partial charge in [-0.25, -0.2) is 14.2 Å². The minimum absolute atomic E-state index is 0.0212. The van der Waals surface area contributed by atoms with Crippen LogP contribution in [-0.4, -0.2) is 51.1 Å². The number of carbonyl (C=O) groups is 3. The highest BCUT2D eigenvalue weighted by Gasteiger charge is 2.39. The fourth-order valence-corrected chi connectivity index (χ4v) is 4.96. The Hall–Kier alpha value is -3.14. The third kappa shape index (κ3) is 5.58. The molecule has 1 aromatic carbocycles. The third-order valence-electron chi connectivity index (χ3n) is 5.84. The van der Waals surface area contributed by atoms with Crippen molar-refractivity contribution in [2.24, 2.45) is 5.92 Å². The maximum absolute atomic E-state index is 14.1. The summed E-state index contributed by atoms with van der Waals surface area (Å²) in [5.74, 6) is -1.15. The molecular formula is C25H28FN3O5S. The van der Waals surface area contributed by atoms with E-state index in [4.69, 9.17) is 9.47 Å². The van der Waals surface area contributed by atoms with Crippen LogP contribution in [0.25, 0.3) is 0 Å². The van der Waals surface area contributed by atoms with Crippen LogP contribution in [0, 0.1) is 11.7 Å². The number of nitrogens with zero attached hydrogens (tertiary/aromatic N) is 2. The van der Waals surface area contributed by atoms with Crippen LogP contribution in [0.15, 0.2) is 36.5 Å². The summed E-state index contributed by atoms with van der Waals surface area (Å²) in [6.07, 6.45) is 3.88. The second-order valence-electron chi connectivity index (χ2n) is 9.66. The quantitative estimate of drug-likeness (QED) is 0.444. The van der Waals surface area contributed by atoms with Crippen molar-refractivity contribution in [3.8, 4) is 5.88 Å². The van der Waals surface area contributed by atoms with E-state index in [-0.39, 0.29) is 29.8 Å². The molecule has 0 bridgehead atoms. The fraction of sp³-hybridized carbons (Fsp3) is 0.440. The van der Waals surface area contributed by atoms with Crippen molar-refractivity contribution < 1.29 is 28.2 Å². The molecule has 2 aliphatic rings. The topological polar surface area (TPSA) is 97.8 Å². The number of alkyl carbamates (subject to hydrolysis) is 1. The van der Waals surface area contributed by atoms with E-state index in [1.54, 1.807) is 24.3 Å².